The van der Waals surface area contributed by atoms with Crippen molar-refractivity contribution in [2.24, 2.45) is 5.92 Å². The number of hydrogen-bond donors (Lipinski definition) is 1. The zero-order chi connectivity index (χ0) is 25.4. The third kappa shape index (κ3) is 4.39. The van der Waals surface area contributed by atoms with Crippen LogP contribution in [0.3, 0.4) is 0 Å². The van der Waals surface area contributed by atoms with Gasteiger partial charge in [-0.2, -0.15) is 16.4 Å². The van der Waals surface area contributed by atoms with E-state index in [1.165, 1.54) is 0 Å². The number of fused-ring (bicyclic) bond motifs is 3. The van der Waals surface area contributed by atoms with Crippen LogP contribution in [0, 0.1) is 5.92 Å². The largest absolute Gasteiger partial charge is 0.496 e. The van der Waals surface area contributed by atoms with Gasteiger partial charge in [-0.1, -0.05) is 11.6 Å². The van der Waals surface area contributed by atoms with E-state index >= 15 is 0 Å². The Hall–Kier alpha value is -3.59. The van der Waals surface area contributed by atoms with Gasteiger partial charge in [0.05, 0.1) is 24.4 Å². The molecule has 36 heavy (non-hydrogen) atoms. The van der Waals surface area contributed by atoms with Crippen LogP contribution in [0.2, 0.25) is 0 Å². The summed E-state index contributed by atoms with van der Waals surface area (Å²) < 4.78 is 13.6. The molecule has 2 aliphatic rings. The summed E-state index contributed by atoms with van der Waals surface area (Å²) in [6.45, 7) is 5.19. The number of carboxylic acid groups (broad SMARTS) is 1. The van der Waals surface area contributed by atoms with Crippen LogP contribution in [0.5, 0.6) is 11.5 Å². The molecule has 5 rings (SSSR count). The molecule has 1 amide bonds. The van der Waals surface area contributed by atoms with Crippen molar-refractivity contribution in [3.8, 4) is 28.4 Å². The molecule has 188 valence electrons. The lowest BCUT2D eigenvalue weighted by atomic mass is 9.98. The van der Waals surface area contributed by atoms with Crippen molar-refractivity contribution in [2.45, 2.75) is 39.7 Å². The van der Waals surface area contributed by atoms with E-state index < -0.39 is 11.9 Å². The summed E-state index contributed by atoms with van der Waals surface area (Å²) in [5.74, 6) is -0.000282. The number of carboxylic acids is 1. The number of allylic oxidation sites excluding steroid dienone is 1. The van der Waals surface area contributed by atoms with Gasteiger partial charge >= 0.3 is 5.97 Å². The van der Waals surface area contributed by atoms with E-state index in [-0.39, 0.29) is 12.5 Å². The fourth-order valence-corrected chi connectivity index (χ4v) is 5.54. The van der Waals surface area contributed by atoms with Gasteiger partial charge in [0.2, 0.25) is 0 Å². The average Bonchev–Trinajstić information content (AvgIpc) is 3.44. The van der Waals surface area contributed by atoms with Crippen molar-refractivity contribution < 1.29 is 24.2 Å². The van der Waals surface area contributed by atoms with Gasteiger partial charge in [-0.05, 0) is 50.6 Å². The summed E-state index contributed by atoms with van der Waals surface area (Å²) in [6, 6.07) is 5.90. The van der Waals surface area contributed by atoms with Crippen LogP contribution >= 0.6 is 11.3 Å². The first-order chi connectivity index (χ1) is 17.4. The molecule has 2 aliphatic heterocycles. The van der Waals surface area contributed by atoms with E-state index in [9.17, 15) is 14.7 Å². The van der Waals surface area contributed by atoms with Crippen molar-refractivity contribution in [3.05, 3.63) is 51.4 Å². The summed E-state index contributed by atoms with van der Waals surface area (Å²) >= 11 is 1.56. The van der Waals surface area contributed by atoms with Crippen LogP contribution in [0.1, 0.15) is 54.7 Å². The van der Waals surface area contributed by atoms with E-state index in [2.05, 4.69) is 6.08 Å². The Kier molecular flexibility index (Phi) is 6.57. The molecule has 1 saturated heterocycles. The average molecular weight is 508 g/mol. The summed E-state index contributed by atoms with van der Waals surface area (Å²) in [6.07, 6.45) is 3.73. The Morgan fingerprint density at radius 3 is 2.78 bits per heavy atom. The number of benzene rings is 1. The molecule has 2 aromatic heterocycles. The third-order valence-corrected chi connectivity index (χ3v) is 7.38. The van der Waals surface area contributed by atoms with Gasteiger partial charge in [0.1, 0.15) is 18.1 Å². The Morgan fingerprint density at radius 2 is 2.08 bits per heavy atom. The smallest absolute Gasteiger partial charge is 0.306 e. The quantitative estimate of drug-likeness (QED) is 0.507. The molecule has 1 N–H and O–H groups in total. The van der Waals surface area contributed by atoms with Gasteiger partial charge in [0.25, 0.3) is 5.91 Å². The number of rotatable bonds is 5. The molecular weight excluding hydrogens is 478 g/mol. The van der Waals surface area contributed by atoms with Crippen molar-refractivity contribution in [3.63, 3.8) is 0 Å². The van der Waals surface area contributed by atoms with Gasteiger partial charge in [-0.25, -0.2) is 4.68 Å². The lowest BCUT2D eigenvalue weighted by Gasteiger charge is -2.23. The Labute approximate surface area is 213 Å². The molecule has 0 spiro atoms. The second-order valence-corrected chi connectivity index (χ2v) is 10.2. The molecule has 8 nitrogen and oxygen atoms in total. The maximum Gasteiger partial charge on any atom is 0.306 e. The fourth-order valence-electron chi connectivity index (χ4n) is 4.93. The van der Waals surface area contributed by atoms with Crippen LogP contribution < -0.4 is 9.47 Å². The highest BCUT2D eigenvalue weighted by Gasteiger charge is 2.34. The normalized spacial score (nSPS) is 16.9. The van der Waals surface area contributed by atoms with Gasteiger partial charge in [0.15, 0.2) is 5.69 Å². The Bertz CT molecular complexity index is 1340. The van der Waals surface area contributed by atoms with Crippen molar-refractivity contribution in [2.75, 3.05) is 20.2 Å². The van der Waals surface area contributed by atoms with Crippen LogP contribution in [0.25, 0.3) is 23.0 Å². The molecule has 1 unspecified atom stereocenters. The van der Waals surface area contributed by atoms with Crippen molar-refractivity contribution >= 4 is 29.3 Å². The number of carbonyl (C=O) groups excluding carboxylic acids is 1. The SMILES string of the molecule is COc1cc2c(cc1C=C(C)C)-c1c(c(C(=O)N3CCCC(C(=O)O)CC3)nn1-c1ccsc1)CO2. The monoisotopic (exact) mass is 507 g/mol. The number of carbonyl (C=O) groups is 2. The van der Waals surface area contributed by atoms with E-state index in [1.807, 2.05) is 47.5 Å². The first kappa shape index (κ1) is 24.1. The van der Waals surface area contributed by atoms with E-state index in [0.29, 0.717) is 49.5 Å². The minimum absolute atomic E-state index is 0.184. The first-order valence-corrected chi connectivity index (χ1v) is 13.0. The molecule has 1 fully saturated rings. The summed E-state index contributed by atoms with van der Waals surface area (Å²) in [4.78, 5) is 27.0. The Morgan fingerprint density at radius 1 is 1.25 bits per heavy atom. The molecule has 1 atom stereocenters. The molecule has 0 bridgehead atoms. The lowest BCUT2D eigenvalue weighted by Crippen LogP contribution is -2.33. The van der Waals surface area contributed by atoms with Crippen LogP contribution in [0.4, 0.5) is 0 Å². The minimum Gasteiger partial charge on any atom is -0.496 e. The molecule has 0 aliphatic carbocycles. The third-order valence-electron chi connectivity index (χ3n) is 6.70. The number of aliphatic carboxylic acids is 1. The molecule has 0 saturated carbocycles. The second kappa shape index (κ2) is 9.81. The van der Waals surface area contributed by atoms with Gasteiger partial charge in [-0.3, -0.25) is 9.59 Å². The minimum atomic E-state index is -0.795. The number of thiophene rings is 1. The van der Waals surface area contributed by atoms with Crippen LogP contribution in [-0.4, -0.2) is 51.9 Å². The predicted octanol–water partition coefficient (Wildman–Crippen LogP) is 5.25. The fraction of sp³-hybridized carbons (Fsp3) is 0.370. The highest BCUT2D eigenvalue weighted by Crippen LogP contribution is 2.44. The lowest BCUT2D eigenvalue weighted by molar-refractivity contribution is -0.142. The molecule has 1 aromatic carbocycles. The molecular formula is C27H29N3O5S. The number of hydrogen-bond acceptors (Lipinski definition) is 6. The number of likely N-dealkylation sites (tertiary alicyclic amines) is 1. The first-order valence-electron chi connectivity index (χ1n) is 12.0. The van der Waals surface area contributed by atoms with E-state index in [4.69, 9.17) is 14.6 Å². The zero-order valence-electron chi connectivity index (χ0n) is 20.6. The summed E-state index contributed by atoms with van der Waals surface area (Å²) in [7, 11) is 1.64. The zero-order valence-corrected chi connectivity index (χ0v) is 21.4. The molecule has 3 aromatic rings. The number of aromatic nitrogens is 2. The van der Waals surface area contributed by atoms with Crippen molar-refractivity contribution in [1.82, 2.24) is 14.7 Å². The van der Waals surface area contributed by atoms with Crippen LogP contribution in [-0.2, 0) is 11.4 Å². The highest BCUT2D eigenvalue weighted by atomic mass is 32.1. The standard InChI is InChI=1S/C27H29N3O5S/c1-16(2)11-18-12-20-23(13-22(18)34-3)35-14-21-24(28-30(25(20)21)19-7-10-36-15-19)26(31)29-8-4-5-17(6-9-29)27(32)33/h7,10-13,15,17H,4-6,8-9,14H2,1-3H3,(H,32,33). The summed E-state index contributed by atoms with van der Waals surface area (Å²) in [5, 5.41) is 18.2. The predicted molar refractivity (Wildman–Crippen MR) is 138 cm³/mol. The number of ether oxygens (including phenoxy) is 2. The number of nitrogens with zero attached hydrogens (tertiary/aromatic N) is 3. The maximum absolute atomic E-state index is 13.7. The topological polar surface area (TPSA) is 93.9 Å². The van der Waals surface area contributed by atoms with Crippen molar-refractivity contribution in [1.29, 1.82) is 0 Å². The second-order valence-electron chi connectivity index (χ2n) is 9.43. The van der Waals surface area contributed by atoms with Crippen LogP contribution in [0.15, 0.2) is 34.5 Å². The van der Waals surface area contributed by atoms with Gasteiger partial charge < -0.3 is 19.5 Å². The molecule has 0 radical (unpaired) electrons. The van der Waals surface area contributed by atoms with E-state index in [1.54, 1.807) is 23.3 Å². The van der Waals surface area contributed by atoms with E-state index in [0.717, 1.165) is 33.6 Å². The maximum atomic E-state index is 13.7. The molecule has 9 heteroatoms. The number of methoxy groups -OCH3 is 1. The number of amides is 1. The molecule has 4 heterocycles. The highest BCUT2D eigenvalue weighted by molar-refractivity contribution is 7.08. The van der Waals surface area contributed by atoms with Gasteiger partial charge in [-0.15, -0.1) is 0 Å². The van der Waals surface area contributed by atoms with Gasteiger partial charge in [0, 0.05) is 41.2 Å². The Balaban J connectivity index is 1.62. The summed E-state index contributed by atoms with van der Waals surface area (Å²) in [5.41, 5.74) is 5.72.